The van der Waals surface area contributed by atoms with Crippen molar-refractivity contribution in [3.05, 3.63) is 35.9 Å². The second-order valence-electron chi connectivity index (χ2n) is 4.95. The molecule has 1 aliphatic carbocycles. The first-order valence-electron chi connectivity index (χ1n) is 7.09. The van der Waals surface area contributed by atoms with E-state index >= 15 is 0 Å². The molecule has 20 heavy (non-hydrogen) atoms. The Morgan fingerprint density at radius 1 is 1.30 bits per heavy atom. The third-order valence-corrected chi connectivity index (χ3v) is 3.32. The highest BCUT2D eigenvalue weighted by Crippen LogP contribution is 2.40. The van der Waals surface area contributed by atoms with Gasteiger partial charge >= 0.3 is 6.03 Å². The number of urea groups is 1. The number of aliphatic hydroxyl groups is 1. The average Bonchev–Trinajstić information content (AvgIpc) is 3.23. The van der Waals surface area contributed by atoms with Gasteiger partial charge in [-0.1, -0.05) is 30.3 Å². The predicted molar refractivity (Wildman–Crippen MR) is 76.6 cm³/mol. The van der Waals surface area contributed by atoms with Crippen molar-refractivity contribution in [2.24, 2.45) is 0 Å². The molecule has 5 heteroatoms. The molecule has 2 amide bonds. The molecule has 2 rings (SSSR count). The van der Waals surface area contributed by atoms with Crippen LogP contribution in [-0.4, -0.2) is 43.5 Å². The molecule has 2 unspecified atom stereocenters. The predicted octanol–water partition coefficient (Wildman–Crippen LogP) is 1.24. The Morgan fingerprint density at radius 3 is 2.85 bits per heavy atom. The van der Waals surface area contributed by atoms with Gasteiger partial charge in [0.1, 0.15) is 0 Å². The van der Waals surface area contributed by atoms with Crippen LogP contribution < -0.4 is 10.6 Å². The lowest BCUT2D eigenvalue weighted by Gasteiger charge is -2.07. The molecule has 1 fully saturated rings. The summed E-state index contributed by atoms with van der Waals surface area (Å²) >= 11 is 0. The summed E-state index contributed by atoms with van der Waals surface area (Å²) in [6.07, 6.45) is 1.76. The van der Waals surface area contributed by atoms with E-state index in [9.17, 15) is 4.79 Å². The Kier molecular flexibility index (Phi) is 5.83. The highest BCUT2D eigenvalue weighted by molar-refractivity contribution is 5.74. The summed E-state index contributed by atoms with van der Waals surface area (Å²) in [5.41, 5.74) is 1.29. The molecule has 5 nitrogen and oxygen atoms in total. The number of hydrogen-bond acceptors (Lipinski definition) is 3. The Morgan fingerprint density at radius 2 is 2.10 bits per heavy atom. The van der Waals surface area contributed by atoms with Crippen molar-refractivity contribution in [2.75, 3.05) is 26.4 Å². The monoisotopic (exact) mass is 278 g/mol. The van der Waals surface area contributed by atoms with Gasteiger partial charge in [-0.15, -0.1) is 0 Å². The number of aliphatic hydroxyl groups excluding tert-OH is 1. The summed E-state index contributed by atoms with van der Waals surface area (Å²) in [6, 6.07) is 10.4. The number of hydrogen-bond donors (Lipinski definition) is 3. The first kappa shape index (κ1) is 14.8. The Bertz CT molecular complexity index is 411. The third-order valence-electron chi connectivity index (χ3n) is 3.32. The molecule has 1 aromatic rings. The van der Waals surface area contributed by atoms with E-state index in [0.717, 1.165) is 12.8 Å². The fraction of sp³-hybridized carbons (Fsp3) is 0.533. The number of benzene rings is 1. The van der Waals surface area contributed by atoms with Crippen LogP contribution in [-0.2, 0) is 4.74 Å². The van der Waals surface area contributed by atoms with Crippen LogP contribution in [0.3, 0.4) is 0 Å². The Hall–Kier alpha value is -1.59. The summed E-state index contributed by atoms with van der Waals surface area (Å²) in [5.74, 6) is 0.454. The molecule has 1 saturated carbocycles. The van der Waals surface area contributed by atoms with Crippen LogP contribution in [0.2, 0.25) is 0 Å². The Labute approximate surface area is 119 Å². The van der Waals surface area contributed by atoms with E-state index in [1.807, 2.05) is 18.2 Å². The van der Waals surface area contributed by atoms with Gasteiger partial charge in [-0.25, -0.2) is 4.79 Å². The molecule has 0 aromatic heterocycles. The van der Waals surface area contributed by atoms with E-state index in [4.69, 9.17) is 9.84 Å². The topological polar surface area (TPSA) is 70.6 Å². The fourth-order valence-electron chi connectivity index (χ4n) is 2.19. The molecule has 0 spiro atoms. The van der Waals surface area contributed by atoms with Crippen molar-refractivity contribution in [3.63, 3.8) is 0 Å². The van der Waals surface area contributed by atoms with Crippen LogP contribution in [0.4, 0.5) is 4.79 Å². The molecule has 0 bridgehead atoms. The quantitative estimate of drug-likeness (QED) is 0.627. The minimum Gasteiger partial charge on any atom is -0.394 e. The SMILES string of the molecule is O=C(NCCCOCCO)NC1CC1c1ccccc1. The maximum atomic E-state index is 11.7. The molecular formula is C15H22N2O3. The van der Waals surface area contributed by atoms with E-state index in [0.29, 0.717) is 25.7 Å². The van der Waals surface area contributed by atoms with Crippen LogP contribution in [0.25, 0.3) is 0 Å². The van der Waals surface area contributed by atoms with Gasteiger partial charge in [-0.05, 0) is 18.4 Å². The number of rotatable bonds is 8. The zero-order valence-corrected chi connectivity index (χ0v) is 11.5. The van der Waals surface area contributed by atoms with Crippen molar-refractivity contribution in [1.82, 2.24) is 10.6 Å². The van der Waals surface area contributed by atoms with Gasteiger partial charge in [0.05, 0.1) is 13.2 Å². The van der Waals surface area contributed by atoms with Gasteiger partial charge in [0.2, 0.25) is 0 Å². The molecule has 0 aliphatic heterocycles. The first-order valence-corrected chi connectivity index (χ1v) is 7.09. The molecule has 110 valence electrons. The first-order chi connectivity index (χ1) is 9.81. The molecule has 0 radical (unpaired) electrons. The molecule has 3 N–H and O–H groups in total. The van der Waals surface area contributed by atoms with Crippen molar-refractivity contribution >= 4 is 6.03 Å². The highest BCUT2D eigenvalue weighted by atomic mass is 16.5. The van der Waals surface area contributed by atoms with Crippen LogP contribution in [0.1, 0.15) is 24.3 Å². The fourth-order valence-corrected chi connectivity index (χ4v) is 2.19. The normalized spacial score (nSPS) is 20.4. The lowest BCUT2D eigenvalue weighted by molar-refractivity contribution is 0.0910. The smallest absolute Gasteiger partial charge is 0.315 e. The van der Waals surface area contributed by atoms with Crippen molar-refractivity contribution in [3.8, 4) is 0 Å². The van der Waals surface area contributed by atoms with Gasteiger partial charge in [0.25, 0.3) is 0 Å². The number of carbonyl (C=O) groups excluding carboxylic acids is 1. The molecular weight excluding hydrogens is 256 g/mol. The molecule has 1 aromatic carbocycles. The summed E-state index contributed by atoms with van der Waals surface area (Å²) in [6.45, 7) is 1.53. The van der Waals surface area contributed by atoms with E-state index < -0.39 is 0 Å². The van der Waals surface area contributed by atoms with E-state index in [1.165, 1.54) is 5.56 Å². The standard InChI is InChI=1S/C15H22N2O3/c18-8-10-20-9-4-7-16-15(19)17-14-11-13(14)12-5-2-1-3-6-12/h1-3,5-6,13-14,18H,4,7-11H2,(H2,16,17,19). The van der Waals surface area contributed by atoms with Gasteiger partial charge in [-0.2, -0.15) is 0 Å². The van der Waals surface area contributed by atoms with Crippen molar-refractivity contribution in [1.29, 1.82) is 0 Å². The third kappa shape index (κ3) is 4.83. The maximum Gasteiger partial charge on any atom is 0.315 e. The molecule has 1 aliphatic rings. The molecule has 2 atom stereocenters. The number of nitrogens with one attached hydrogen (secondary N) is 2. The lowest BCUT2D eigenvalue weighted by atomic mass is 10.1. The van der Waals surface area contributed by atoms with Crippen LogP contribution in [0, 0.1) is 0 Å². The van der Waals surface area contributed by atoms with Gasteiger partial charge in [-0.3, -0.25) is 0 Å². The number of amides is 2. The average molecular weight is 278 g/mol. The molecule has 0 heterocycles. The zero-order chi connectivity index (χ0) is 14.2. The summed E-state index contributed by atoms with van der Waals surface area (Å²) in [7, 11) is 0. The largest absolute Gasteiger partial charge is 0.394 e. The van der Waals surface area contributed by atoms with Gasteiger partial charge in [0.15, 0.2) is 0 Å². The van der Waals surface area contributed by atoms with Crippen LogP contribution in [0.15, 0.2) is 30.3 Å². The summed E-state index contributed by atoms with van der Waals surface area (Å²) in [5, 5.41) is 14.3. The summed E-state index contributed by atoms with van der Waals surface area (Å²) in [4.78, 5) is 11.7. The number of carbonyl (C=O) groups is 1. The molecule has 0 saturated heterocycles. The second kappa shape index (κ2) is 7.87. The van der Waals surface area contributed by atoms with Crippen molar-refractivity contribution < 1.29 is 14.6 Å². The Balaban J connectivity index is 1.55. The summed E-state index contributed by atoms with van der Waals surface area (Å²) < 4.78 is 5.11. The minimum absolute atomic E-state index is 0.0382. The van der Waals surface area contributed by atoms with Gasteiger partial charge in [0, 0.05) is 25.1 Å². The van der Waals surface area contributed by atoms with Gasteiger partial charge < -0.3 is 20.5 Å². The van der Waals surface area contributed by atoms with Crippen LogP contribution in [0.5, 0.6) is 0 Å². The highest BCUT2D eigenvalue weighted by Gasteiger charge is 2.39. The minimum atomic E-state index is -0.115. The lowest BCUT2D eigenvalue weighted by Crippen LogP contribution is -2.38. The second-order valence-corrected chi connectivity index (χ2v) is 4.95. The maximum absolute atomic E-state index is 11.7. The van der Waals surface area contributed by atoms with Crippen molar-refractivity contribution in [2.45, 2.75) is 24.8 Å². The van der Waals surface area contributed by atoms with E-state index in [-0.39, 0.29) is 18.7 Å². The van der Waals surface area contributed by atoms with Crippen LogP contribution >= 0.6 is 0 Å². The number of ether oxygens (including phenoxy) is 1. The van der Waals surface area contributed by atoms with E-state index in [2.05, 4.69) is 22.8 Å². The van der Waals surface area contributed by atoms with E-state index in [1.54, 1.807) is 0 Å². The zero-order valence-electron chi connectivity index (χ0n) is 11.5.